The molecule has 0 aliphatic carbocycles. The highest BCUT2D eigenvalue weighted by Crippen LogP contribution is 2.14. The maximum absolute atomic E-state index is 12.5. The molecule has 3 rings (SSSR count). The van der Waals surface area contributed by atoms with E-state index in [9.17, 15) is 4.79 Å². The third-order valence-electron chi connectivity index (χ3n) is 3.95. The zero-order valence-electron chi connectivity index (χ0n) is 14.1. The minimum absolute atomic E-state index is 0. The zero-order valence-corrected chi connectivity index (χ0v) is 15.7. The first-order chi connectivity index (χ1) is 11.3. The first kappa shape index (κ1) is 21.2. The van der Waals surface area contributed by atoms with Gasteiger partial charge in [-0.25, -0.2) is 9.67 Å². The highest BCUT2D eigenvalue weighted by atomic mass is 35.5. The third-order valence-corrected chi connectivity index (χ3v) is 3.95. The Morgan fingerprint density at radius 3 is 2.84 bits per heavy atom. The monoisotopic (exact) mass is 383 g/mol. The van der Waals surface area contributed by atoms with Gasteiger partial charge in [-0.2, -0.15) is 5.10 Å². The maximum atomic E-state index is 12.5. The number of amides is 1. The fraction of sp³-hybridized carbons (Fsp3) is 0.353. The summed E-state index contributed by atoms with van der Waals surface area (Å²) in [7, 11) is 0. The SMILES string of the molecule is CCc1c(C(=O)NCC2=CCNCC2)cnn1-c1ccccn1.Cl.Cl. The highest BCUT2D eigenvalue weighted by molar-refractivity contribution is 5.95. The summed E-state index contributed by atoms with van der Waals surface area (Å²) in [5, 5.41) is 10.6. The summed E-state index contributed by atoms with van der Waals surface area (Å²) < 4.78 is 1.73. The predicted octanol–water partition coefficient (Wildman–Crippen LogP) is 2.32. The fourth-order valence-electron chi connectivity index (χ4n) is 2.70. The van der Waals surface area contributed by atoms with Crippen molar-refractivity contribution in [2.75, 3.05) is 19.6 Å². The largest absolute Gasteiger partial charge is 0.348 e. The quantitative estimate of drug-likeness (QED) is 0.777. The summed E-state index contributed by atoms with van der Waals surface area (Å²) >= 11 is 0. The Bertz CT molecular complexity index is 715. The Morgan fingerprint density at radius 1 is 1.36 bits per heavy atom. The molecular formula is C17H23Cl2N5O. The standard InChI is InChI=1S/C17H21N5O.2ClH/c1-2-15-14(12-21-22(15)16-5-3-4-8-19-16)17(23)20-11-13-6-9-18-10-7-13;;/h3-6,8,12,18H,2,7,9-11H2,1H3,(H,20,23);2*1H. The number of hydrogen-bond donors (Lipinski definition) is 2. The van der Waals surface area contributed by atoms with Crippen LogP contribution in [0.1, 0.15) is 29.4 Å². The van der Waals surface area contributed by atoms with E-state index in [1.807, 2.05) is 25.1 Å². The van der Waals surface area contributed by atoms with E-state index in [-0.39, 0.29) is 30.7 Å². The first-order valence-electron chi connectivity index (χ1n) is 7.94. The molecule has 8 heteroatoms. The lowest BCUT2D eigenvalue weighted by Gasteiger charge is -2.14. The Hall–Kier alpha value is -1.89. The number of rotatable bonds is 5. The minimum Gasteiger partial charge on any atom is -0.348 e. The van der Waals surface area contributed by atoms with Crippen molar-refractivity contribution in [3.05, 3.63) is 53.5 Å². The Labute approximate surface area is 159 Å². The molecule has 0 spiro atoms. The van der Waals surface area contributed by atoms with Gasteiger partial charge in [0.15, 0.2) is 5.82 Å². The van der Waals surface area contributed by atoms with E-state index in [1.165, 1.54) is 5.57 Å². The van der Waals surface area contributed by atoms with Crippen LogP contribution >= 0.6 is 24.8 Å². The van der Waals surface area contributed by atoms with Gasteiger partial charge in [0.1, 0.15) is 0 Å². The lowest BCUT2D eigenvalue weighted by atomic mass is 10.1. The fourth-order valence-corrected chi connectivity index (χ4v) is 2.70. The van der Waals surface area contributed by atoms with Gasteiger partial charge in [-0.1, -0.05) is 24.6 Å². The number of carbonyl (C=O) groups is 1. The van der Waals surface area contributed by atoms with Crippen LogP contribution in [0.15, 0.2) is 42.2 Å². The lowest BCUT2D eigenvalue weighted by molar-refractivity contribution is 0.0955. The van der Waals surface area contributed by atoms with Crippen LogP contribution in [0.5, 0.6) is 0 Å². The van der Waals surface area contributed by atoms with Gasteiger partial charge < -0.3 is 10.6 Å². The van der Waals surface area contributed by atoms with Crippen molar-refractivity contribution in [3.63, 3.8) is 0 Å². The first-order valence-corrected chi connectivity index (χ1v) is 7.94. The number of carbonyl (C=O) groups excluding carboxylic acids is 1. The van der Waals surface area contributed by atoms with E-state index in [2.05, 4.69) is 26.8 Å². The van der Waals surface area contributed by atoms with Crippen molar-refractivity contribution in [3.8, 4) is 5.82 Å². The Morgan fingerprint density at radius 2 is 2.20 bits per heavy atom. The third kappa shape index (κ3) is 5.04. The molecule has 3 heterocycles. The van der Waals surface area contributed by atoms with Gasteiger partial charge in [0.2, 0.25) is 0 Å². The molecule has 0 saturated heterocycles. The van der Waals surface area contributed by atoms with Crippen LogP contribution in [-0.4, -0.2) is 40.3 Å². The highest BCUT2D eigenvalue weighted by Gasteiger charge is 2.17. The van der Waals surface area contributed by atoms with Crippen LogP contribution < -0.4 is 10.6 Å². The van der Waals surface area contributed by atoms with Crippen molar-refractivity contribution >= 4 is 30.7 Å². The molecule has 0 aromatic carbocycles. The molecule has 2 aromatic heterocycles. The summed E-state index contributed by atoms with van der Waals surface area (Å²) in [5.41, 5.74) is 2.76. The second-order valence-electron chi connectivity index (χ2n) is 5.46. The van der Waals surface area contributed by atoms with Crippen LogP contribution in [0, 0.1) is 0 Å². The summed E-state index contributed by atoms with van der Waals surface area (Å²) in [6.07, 6.45) is 7.18. The average Bonchev–Trinajstić information content (AvgIpc) is 3.05. The Kier molecular flexibility index (Phi) is 8.61. The molecule has 1 aliphatic rings. The summed E-state index contributed by atoms with van der Waals surface area (Å²) in [6.45, 7) is 4.46. The molecule has 25 heavy (non-hydrogen) atoms. The van der Waals surface area contributed by atoms with Crippen LogP contribution in [0.2, 0.25) is 0 Å². The topological polar surface area (TPSA) is 71.8 Å². The zero-order chi connectivity index (χ0) is 16.1. The van der Waals surface area contributed by atoms with Crippen LogP contribution in [0.4, 0.5) is 0 Å². The number of pyridine rings is 1. The smallest absolute Gasteiger partial charge is 0.255 e. The van der Waals surface area contributed by atoms with Crippen molar-refractivity contribution in [1.82, 2.24) is 25.4 Å². The summed E-state index contributed by atoms with van der Waals surface area (Å²) in [4.78, 5) is 16.8. The van der Waals surface area contributed by atoms with Crippen LogP contribution in [0.3, 0.4) is 0 Å². The van der Waals surface area contributed by atoms with Gasteiger partial charge in [0.25, 0.3) is 5.91 Å². The van der Waals surface area contributed by atoms with Crippen molar-refractivity contribution in [1.29, 1.82) is 0 Å². The molecule has 1 aliphatic heterocycles. The predicted molar refractivity (Wildman–Crippen MR) is 103 cm³/mol. The second kappa shape index (κ2) is 10.2. The second-order valence-corrected chi connectivity index (χ2v) is 5.46. The van der Waals surface area contributed by atoms with Gasteiger partial charge in [-0.05, 0) is 31.5 Å². The summed E-state index contributed by atoms with van der Waals surface area (Å²) in [6, 6.07) is 5.65. The van der Waals surface area contributed by atoms with E-state index in [4.69, 9.17) is 0 Å². The molecule has 136 valence electrons. The minimum atomic E-state index is -0.0801. The molecule has 2 N–H and O–H groups in total. The van der Waals surface area contributed by atoms with Crippen molar-refractivity contribution in [2.24, 2.45) is 0 Å². The maximum Gasteiger partial charge on any atom is 0.255 e. The van der Waals surface area contributed by atoms with Gasteiger partial charge >= 0.3 is 0 Å². The van der Waals surface area contributed by atoms with E-state index >= 15 is 0 Å². The number of aromatic nitrogens is 3. The van der Waals surface area contributed by atoms with E-state index in [0.29, 0.717) is 18.5 Å². The molecule has 0 unspecified atom stereocenters. The molecule has 0 fully saturated rings. The molecule has 0 saturated carbocycles. The van der Waals surface area contributed by atoms with Crippen molar-refractivity contribution in [2.45, 2.75) is 19.8 Å². The molecular weight excluding hydrogens is 361 g/mol. The van der Waals surface area contributed by atoms with Gasteiger partial charge in [0, 0.05) is 19.3 Å². The number of halogens is 2. The van der Waals surface area contributed by atoms with Crippen LogP contribution in [-0.2, 0) is 6.42 Å². The molecule has 0 bridgehead atoms. The number of hydrogen-bond acceptors (Lipinski definition) is 4. The molecule has 0 radical (unpaired) electrons. The molecule has 2 aromatic rings. The normalized spacial score (nSPS) is 13.2. The number of nitrogens with zero attached hydrogens (tertiary/aromatic N) is 3. The van der Waals surface area contributed by atoms with E-state index in [0.717, 1.165) is 31.0 Å². The van der Waals surface area contributed by atoms with Crippen molar-refractivity contribution < 1.29 is 4.79 Å². The van der Waals surface area contributed by atoms with Gasteiger partial charge in [0.05, 0.1) is 17.5 Å². The molecule has 1 amide bonds. The van der Waals surface area contributed by atoms with Crippen LogP contribution in [0.25, 0.3) is 5.82 Å². The van der Waals surface area contributed by atoms with Gasteiger partial charge in [-0.15, -0.1) is 24.8 Å². The number of nitrogens with one attached hydrogen (secondary N) is 2. The van der Waals surface area contributed by atoms with E-state index in [1.54, 1.807) is 17.1 Å². The Balaban J connectivity index is 0.00000156. The van der Waals surface area contributed by atoms with E-state index < -0.39 is 0 Å². The van der Waals surface area contributed by atoms with Gasteiger partial charge in [-0.3, -0.25) is 4.79 Å². The average molecular weight is 384 g/mol. The summed E-state index contributed by atoms with van der Waals surface area (Å²) in [5.74, 6) is 0.646. The molecule has 0 atom stereocenters. The molecule has 6 nitrogen and oxygen atoms in total. The lowest BCUT2D eigenvalue weighted by Crippen LogP contribution is -2.30.